The van der Waals surface area contributed by atoms with Crippen molar-refractivity contribution < 1.29 is 4.79 Å². The molecule has 0 bridgehead atoms. The molecule has 0 radical (unpaired) electrons. The Bertz CT molecular complexity index is 1260. The Morgan fingerprint density at radius 2 is 1.87 bits per heavy atom. The van der Waals surface area contributed by atoms with Crippen molar-refractivity contribution in [3.8, 4) is 10.6 Å². The van der Waals surface area contributed by atoms with Crippen LogP contribution in [-0.4, -0.2) is 16.0 Å². The first-order chi connectivity index (χ1) is 14.4. The summed E-state index contributed by atoms with van der Waals surface area (Å²) < 4.78 is 2.00. The minimum absolute atomic E-state index is 0.130. The lowest BCUT2D eigenvalue weighted by Gasteiger charge is -2.14. The third-order valence-corrected chi connectivity index (χ3v) is 6.59. The summed E-state index contributed by atoms with van der Waals surface area (Å²) in [7, 11) is 0. The fraction of sp³-hybridized carbons (Fsp3) is 0. The van der Waals surface area contributed by atoms with Crippen molar-refractivity contribution in [2.75, 3.05) is 5.32 Å². The van der Waals surface area contributed by atoms with Gasteiger partial charge in [-0.1, -0.05) is 41.4 Å². The number of hydrogen-bond donors (Lipinski definition) is 2. The SMILES string of the molecule is O=C(NC(=S)Nc1c(Cl)cc(Cl)cc1-c1nc2ccccc2s1)c1cccc(I)c1. The highest BCUT2D eigenvalue weighted by Gasteiger charge is 2.17. The minimum atomic E-state index is -0.308. The second-order valence-electron chi connectivity index (χ2n) is 6.22. The average molecular weight is 584 g/mol. The van der Waals surface area contributed by atoms with Gasteiger partial charge in [0.15, 0.2) is 5.11 Å². The second-order valence-corrected chi connectivity index (χ2v) is 9.74. The summed E-state index contributed by atoms with van der Waals surface area (Å²) in [5.41, 5.74) is 2.64. The number of fused-ring (bicyclic) bond motifs is 1. The second kappa shape index (κ2) is 9.15. The Morgan fingerprint density at radius 1 is 1.07 bits per heavy atom. The molecule has 0 unspecified atom stereocenters. The van der Waals surface area contributed by atoms with E-state index in [1.54, 1.807) is 24.3 Å². The zero-order chi connectivity index (χ0) is 21.3. The number of thiazole rings is 1. The molecule has 1 heterocycles. The van der Waals surface area contributed by atoms with Gasteiger partial charge in [-0.25, -0.2) is 4.98 Å². The maximum atomic E-state index is 12.5. The van der Waals surface area contributed by atoms with Crippen LogP contribution in [0.25, 0.3) is 20.8 Å². The molecular formula is C21H12Cl2IN3OS2. The predicted molar refractivity (Wildman–Crippen MR) is 138 cm³/mol. The van der Waals surface area contributed by atoms with E-state index >= 15 is 0 Å². The first-order valence-corrected chi connectivity index (χ1v) is 11.7. The third kappa shape index (κ3) is 4.76. The molecule has 4 aromatic rings. The van der Waals surface area contributed by atoms with Gasteiger partial charge in [0, 0.05) is 19.7 Å². The summed E-state index contributed by atoms with van der Waals surface area (Å²) >= 11 is 21.7. The van der Waals surface area contributed by atoms with Gasteiger partial charge in [-0.2, -0.15) is 0 Å². The Labute approximate surface area is 205 Å². The van der Waals surface area contributed by atoms with E-state index in [4.69, 9.17) is 35.4 Å². The molecule has 0 fully saturated rings. The van der Waals surface area contributed by atoms with Gasteiger partial charge in [0.2, 0.25) is 0 Å². The van der Waals surface area contributed by atoms with E-state index in [9.17, 15) is 4.79 Å². The van der Waals surface area contributed by atoms with Crippen LogP contribution in [0, 0.1) is 3.57 Å². The number of amides is 1. The molecule has 0 aliphatic rings. The number of thiocarbonyl (C=S) groups is 1. The first kappa shape index (κ1) is 21.5. The van der Waals surface area contributed by atoms with E-state index in [0.717, 1.165) is 18.8 Å². The number of halogens is 3. The highest BCUT2D eigenvalue weighted by molar-refractivity contribution is 14.1. The van der Waals surface area contributed by atoms with Crippen LogP contribution < -0.4 is 10.6 Å². The van der Waals surface area contributed by atoms with Crippen molar-refractivity contribution in [2.45, 2.75) is 0 Å². The monoisotopic (exact) mass is 583 g/mol. The van der Waals surface area contributed by atoms with Gasteiger partial charge in [0.05, 0.1) is 20.9 Å². The smallest absolute Gasteiger partial charge is 0.257 e. The molecule has 30 heavy (non-hydrogen) atoms. The maximum absolute atomic E-state index is 12.5. The Hall–Kier alpha value is -1.78. The molecule has 1 aromatic heterocycles. The lowest BCUT2D eigenvalue weighted by Crippen LogP contribution is -2.34. The largest absolute Gasteiger partial charge is 0.331 e. The third-order valence-electron chi connectivity index (χ3n) is 4.13. The van der Waals surface area contributed by atoms with Crippen LogP contribution >= 0.6 is 69.3 Å². The van der Waals surface area contributed by atoms with Gasteiger partial charge in [0.1, 0.15) is 5.01 Å². The molecular weight excluding hydrogens is 572 g/mol. The van der Waals surface area contributed by atoms with E-state index in [-0.39, 0.29) is 11.0 Å². The number of benzene rings is 3. The fourth-order valence-corrected chi connectivity index (χ4v) is 5.07. The summed E-state index contributed by atoms with van der Waals surface area (Å²) in [6, 6.07) is 18.5. The lowest BCUT2D eigenvalue weighted by atomic mass is 10.2. The number of carbonyl (C=O) groups excluding carboxylic acids is 1. The molecule has 4 nitrogen and oxygen atoms in total. The van der Waals surface area contributed by atoms with Crippen molar-refractivity contribution in [1.29, 1.82) is 0 Å². The van der Waals surface area contributed by atoms with Crippen LogP contribution in [0.5, 0.6) is 0 Å². The van der Waals surface area contributed by atoms with Crippen molar-refractivity contribution in [2.24, 2.45) is 0 Å². The predicted octanol–water partition coefficient (Wildman–Crippen LogP) is 7.00. The molecule has 3 aromatic carbocycles. The Kier molecular flexibility index (Phi) is 6.54. The zero-order valence-electron chi connectivity index (χ0n) is 15.1. The molecule has 0 aliphatic carbocycles. The molecule has 150 valence electrons. The lowest BCUT2D eigenvalue weighted by molar-refractivity contribution is 0.0977. The van der Waals surface area contributed by atoms with Crippen LogP contribution in [0.3, 0.4) is 0 Å². The van der Waals surface area contributed by atoms with Crippen LogP contribution in [0.1, 0.15) is 10.4 Å². The molecule has 0 saturated heterocycles. The molecule has 1 amide bonds. The van der Waals surface area contributed by atoms with Crippen molar-refractivity contribution >= 4 is 96.3 Å². The molecule has 4 rings (SSSR count). The quantitative estimate of drug-likeness (QED) is 0.201. The van der Waals surface area contributed by atoms with Gasteiger partial charge in [0.25, 0.3) is 5.91 Å². The summed E-state index contributed by atoms with van der Waals surface area (Å²) in [5, 5.41) is 7.46. The van der Waals surface area contributed by atoms with Crippen molar-refractivity contribution in [1.82, 2.24) is 10.3 Å². The topological polar surface area (TPSA) is 54.0 Å². The van der Waals surface area contributed by atoms with E-state index < -0.39 is 0 Å². The standard InChI is InChI=1S/C21H12Cl2IN3OS2/c22-12-9-14(20-25-16-6-1-2-7-17(16)30-20)18(15(23)10-12)26-21(29)27-19(28)11-4-3-5-13(24)8-11/h1-10H,(H2,26,27,28,29). The Morgan fingerprint density at radius 3 is 2.63 bits per heavy atom. The molecule has 0 atom stereocenters. The van der Waals surface area contributed by atoms with E-state index in [1.807, 2.05) is 36.4 Å². The van der Waals surface area contributed by atoms with Crippen LogP contribution in [0.2, 0.25) is 10.0 Å². The number of aromatic nitrogens is 1. The zero-order valence-corrected chi connectivity index (χ0v) is 20.4. The number of hydrogen-bond acceptors (Lipinski definition) is 4. The number of anilines is 1. The van der Waals surface area contributed by atoms with E-state index in [0.29, 0.717) is 26.9 Å². The molecule has 0 saturated carbocycles. The fourth-order valence-electron chi connectivity index (χ4n) is 2.81. The molecule has 0 aliphatic heterocycles. The molecule has 0 spiro atoms. The number of rotatable bonds is 3. The number of nitrogens with one attached hydrogen (secondary N) is 2. The number of nitrogens with zero attached hydrogens (tertiary/aromatic N) is 1. The highest BCUT2D eigenvalue weighted by atomic mass is 127. The summed E-state index contributed by atoms with van der Waals surface area (Å²) in [5.74, 6) is -0.308. The Balaban J connectivity index is 1.64. The molecule has 2 N–H and O–H groups in total. The van der Waals surface area contributed by atoms with Crippen molar-refractivity contribution in [3.63, 3.8) is 0 Å². The van der Waals surface area contributed by atoms with Crippen molar-refractivity contribution in [3.05, 3.63) is 79.8 Å². The van der Waals surface area contributed by atoms with Crippen LogP contribution in [-0.2, 0) is 0 Å². The summed E-state index contributed by atoms with van der Waals surface area (Å²) in [6.45, 7) is 0. The number of para-hydroxylation sites is 1. The first-order valence-electron chi connectivity index (χ1n) is 8.63. The maximum Gasteiger partial charge on any atom is 0.257 e. The van der Waals surface area contributed by atoms with Gasteiger partial charge >= 0.3 is 0 Å². The van der Waals surface area contributed by atoms with Crippen LogP contribution in [0.4, 0.5) is 5.69 Å². The summed E-state index contributed by atoms with van der Waals surface area (Å²) in [4.78, 5) is 17.2. The van der Waals surface area contributed by atoms with E-state index in [2.05, 4.69) is 38.2 Å². The minimum Gasteiger partial charge on any atom is -0.331 e. The van der Waals surface area contributed by atoms with Gasteiger partial charge in [-0.3, -0.25) is 10.1 Å². The highest BCUT2D eigenvalue weighted by Crippen LogP contribution is 2.40. The molecule has 9 heteroatoms. The number of carbonyl (C=O) groups is 1. The van der Waals surface area contributed by atoms with Gasteiger partial charge < -0.3 is 5.32 Å². The van der Waals surface area contributed by atoms with Crippen LogP contribution in [0.15, 0.2) is 60.7 Å². The normalized spacial score (nSPS) is 10.8. The van der Waals surface area contributed by atoms with Gasteiger partial charge in [-0.05, 0) is 77.3 Å². The average Bonchev–Trinajstić information content (AvgIpc) is 3.14. The van der Waals surface area contributed by atoms with Gasteiger partial charge in [-0.15, -0.1) is 11.3 Å². The van der Waals surface area contributed by atoms with E-state index in [1.165, 1.54) is 11.3 Å². The summed E-state index contributed by atoms with van der Waals surface area (Å²) in [6.07, 6.45) is 0.